The molecule has 7 nitrogen and oxygen atoms in total. The number of benzene rings is 2. The Kier molecular flexibility index (Phi) is 11.1. The molecule has 39 heavy (non-hydrogen) atoms. The molecule has 0 aliphatic heterocycles. The molecule has 0 aromatic heterocycles. The number of aryl methyl sites for hydroxylation is 1. The lowest BCUT2D eigenvalue weighted by molar-refractivity contribution is -0.123. The second kappa shape index (κ2) is 14.5. The van der Waals surface area contributed by atoms with Gasteiger partial charge in [-0.3, -0.25) is 9.59 Å². The summed E-state index contributed by atoms with van der Waals surface area (Å²) in [5, 5.41) is 5.73. The first-order valence-electron chi connectivity index (χ1n) is 13.8. The van der Waals surface area contributed by atoms with E-state index in [2.05, 4.69) is 22.8 Å². The van der Waals surface area contributed by atoms with E-state index in [4.69, 9.17) is 9.47 Å². The van der Waals surface area contributed by atoms with Gasteiger partial charge in [0.1, 0.15) is 11.4 Å². The molecule has 0 unspecified atom stereocenters. The highest BCUT2D eigenvalue weighted by Crippen LogP contribution is 2.30. The van der Waals surface area contributed by atoms with E-state index in [1.807, 2.05) is 24.3 Å². The summed E-state index contributed by atoms with van der Waals surface area (Å²) in [6, 6.07) is 16.6. The minimum atomic E-state index is -0.647. The topological polar surface area (TPSA) is 93.7 Å². The molecule has 1 aliphatic rings. The number of nitrogens with one attached hydrogen (secondary N) is 2. The molecule has 210 valence electrons. The molecular formula is C32H42N2O5. The lowest BCUT2D eigenvalue weighted by atomic mass is 9.87. The fourth-order valence-corrected chi connectivity index (χ4v) is 4.92. The second-order valence-electron chi connectivity index (χ2n) is 11.2. The molecule has 0 spiro atoms. The maximum atomic E-state index is 13.6. The Morgan fingerprint density at radius 1 is 1.00 bits per heavy atom. The van der Waals surface area contributed by atoms with Crippen LogP contribution in [-0.2, 0) is 20.7 Å². The van der Waals surface area contributed by atoms with Crippen LogP contribution in [-0.4, -0.2) is 36.5 Å². The quantitative estimate of drug-likeness (QED) is 0.304. The number of carbonyl (C=O) groups excluding carboxylic acids is 3. The number of ketones is 1. The van der Waals surface area contributed by atoms with Gasteiger partial charge in [-0.15, -0.1) is 0 Å². The summed E-state index contributed by atoms with van der Waals surface area (Å²) in [4.78, 5) is 38.9. The Labute approximate surface area is 232 Å². The monoisotopic (exact) mass is 534 g/mol. The molecule has 0 heterocycles. The van der Waals surface area contributed by atoms with Crippen LogP contribution < -0.4 is 15.4 Å². The van der Waals surface area contributed by atoms with E-state index in [1.165, 1.54) is 11.6 Å². The van der Waals surface area contributed by atoms with Gasteiger partial charge < -0.3 is 20.1 Å². The van der Waals surface area contributed by atoms with Crippen molar-refractivity contribution in [2.24, 2.45) is 11.8 Å². The predicted octanol–water partition coefficient (Wildman–Crippen LogP) is 6.48. The van der Waals surface area contributed by atoms with E-state index in [9.17, 15) is 14.4 Å². The minimum Gasteiger partial charge on any atom is -0.497 e. The van der Waals surface area contributed by atoms with Crippen molar-refractivity contribution in [3.05, 3.63) is 72.3 Å². The fourth-order valence-electron chi connectivity index (χ4n) is 4.92. The van der Waals surface area contributed by atoms with Gasteiger partial charge in [0.25, 0.3) is 0 Å². The molecule has 3 rings (SSSR count). The molecule has 2 amide bonds. The van der Waals surface area contributed by atoms with Gasteiger partial charge in [-0.25, -0.2) is 4.79 Å². The van der Waals surface area contributed by atoms with Crippen LogP contribution in [0.5, 0.6) is 5.75 Å². The lowest BCUT2D eigenvalue weighted by Gasteiger charge is -2.27. The number of anilines is 1. The molecule has 1 fully saturated rings. The van der Waals surface area contributed by atoms with Crippen molar-refractivity contribution in [1.29, 1.82) is 0 Å². The zero-order valence-corrected chi connectivity index (χ0v) is 23.6. The Morgan fingerprint density at radius 2 is 1.67 bits per heavy atom. The van der Waals surface area contributed by atoms with Crippen LogP contribution >= 0.6 is 0 Å². The van der Waals surface area contributed by atoms with E-state index in [0.29, 0.717) is 17.9 Å². The van der Waals surface area contributed by atoms with Crippen molar-refractivity contribution in [3.63, 3.8) is 0 Å². The van der Waals surface area contributed by atoms with Crippen LogP contribution in [0.3, 0.4) is 0 Å². The Morgan fingerprint density at radius 3 is 2.28 bits per heavy atom. The van der Waals surface area contributed by atoms with Crippen LogP contribution in [0.15, 0.2) is 66.7 Å². The summed E-state index contributed by atoms with van der Waals surface area (Å²) < 4.78 is 10.6. The number of rotatable bonds is 12. The van der Waals surface area contributed by atoms with E-state index >= 15 is 0 Å². The molecule has 2 aromatic rings. The molecule has 0 saturated heterocycles. The zero-order valence-electron chi connectivity index (χ0n) is 23.6. The van der Waals surface area contributed by atoms with E-state index < -0.39 is 17.7 Å². The van der Waals surface area contributed by atoms with Crippen molar-refractivity contribution in [2.75, 3.05) is 12.4 Å². The van der Waals surface area contributed by atoms with Gasteiger partial charge in [-0.05, 0) is 94.2 Å². The third-order valence-corrected chi connectivity index (χ3v) is 6.88. The minimum absolute atomic E-state index is 0.0222. The maximum Gasteiger partial charge on any atom is 0.408 e. The van der Waals surface area contributed by atoms with Gasteiger partial charge in [0.05, 0.1) is 13.2 Å². The normalized spacial score (nSPS) is 15.5. The van der Waals surface area contributed by atoms with E-state index in [1.54, 1.807) is 52.1 Å². The molecular weight excluding hydrogens is 492 g/mol. The summed E-state index contributed by atoms with van der Waals surface area (Å²) in [5.74, 6) is 0.355. The highest BCUT2D eigenvalue weighted by atomic mass is 16.6. The smallest absolute Gasteiger partial charge is 0.408 e. The van der Waals surface area contributed by atoms with Gasteiger partial charge in [0.15, 0.2) is 5.78 Å². The van der Waals surface area contributed by atoms with Crippen LogP contribution in [0.25, 0.3) is 0 Å². The number of hydrogen-bond acceptors (Lipinski definition) is 5. The van der Waals surface area contributed by atoms with Gasteiger partial charge in [0.2, 0.25) is 5.91 Å². The summed E-state index contributed by atoms with van der Waals surface area (Å²) in [5.41, 5.74) is 1.18. The molecule has 2 N–H and O–H groups in total. The van der Waals surface area contributed by atoms with Gasteiger partial charge in [-0.1, -0.05) is 49.2 Å². The van der Waals surface area contributed by atoms with Crippen molar-refractivity contribution < 1.29 is 23.9 Å². The summed E-state index contributed by atoms with van der Waals surface area (Å²) in [6.45, 7) is 5.42. The molecule has 1 aliphatic carbocycles. The average molecular weight is 535 g/mol. The Hall–Kier alpha value is -3.61. The first-order valence-corrected chi connectivity index (χ1v) is 13.8. The highest BCUT2D eigenvalue weighted by molar-refractivity contribution is 5.99. The summed E-state index contributed by atoms with van der Waals surface area (Å²) in [6.07, 6.45) is 8.36. The Balaban J connectivity index is 1.71. The van der Waals surface area contributed by atoms with Crippen molar-refractivity contribution >= 4 is 23.5 Å². The van der Waals surface area contributed by atoms with Gasteiger partial charge >= 0.3 is 6.09 Å². The first kappa shape index (κ1) is 29.9. The van der Waals surface area contributed by atoms with Crippen molar-refractivity contribution in [2.45, 2.75) is 77.4 Å². The third kappa shape index (κ3) is 10.6. The molecule has 1 saturated carbocycles. The number of hydrogen-bond donors (Lipinski definition) is 2. The van der Waals surface area contributed by atoms with Crippen LogP contribution in [0.1, 0.15) is 64.9 Å². The van der Waals surface area contributed by atoms with E-state index in [-0.39, 0.29) is 29.9 Å². The number of amides is 2. The molecule has 2 atom stereocenters. The number of alkyl carbamates (subject to hydrolysis) is 1. The summed E-state index contributed by atoms with van der Waals surface area (Å²) >= 11 is 0. The van der Waals surface area contributed by atoms with Crippen LogP contribution in [0, 0.1) is 11.8 Å². The lowest BCUT2D eigenvalue weighted by Crippen LogP contribution is -2.47. The standard InChI is InChI=1S/C32H42N2O5/c1-32(2,3)39-31(37)34-30(25-12-8-9-13-25)28(35)22-24(15-14-23-10-6-5-7-11-23)16-21-29(36)33-26-17-19-27(38-4)20-18-26/h5-7,10-11,16-21,24-25,30H,8-9,12-15,22H2,1-4H3,(H,33,36)(H,34,37)/b21-16+/t24-,30-/m0/s1. The number of carbonyl (C=O) groups is 3. The highest BCUT2D eigenvalue weighted by Gasteiger charge is 2.33. The summed E-state index contributed by atoms with van der Waals surface area (Å²) in [7, 11) is 1.59. The second-order valence-corrected chi connectivity index (χ2v) is 11.2. The van der Waals surface area contributed by atoms with Crippen LogP contribution in [0.4, 0.5) is 10.5 Å². The predicted molar refractivity (Wildman–Crippen MR) is 154 cm³/mol. The Bertz CT molecular complexity index is 1100. The number of allylic oxidation sites excluding steroid dienone is 1. The fraction of sp³-hybridized carbons (Fsp3) is 0.469. The van der Waals surface area contributed by atoms with Crippen LogP contribution in [0.2, 0.25) is 0 Å². The van der Waals surface area contributed by atoms with E-state index in [0.717, 1.165) is 32.1 Å². The van der Waals surface area contributed by atoms with Gasteiger partial charge in [0, 0.05) is 12.1 Å². The molecule has 7 heteroatoms. The average Bonchev–Trinajstić information content (AvgIpc) is 3.43. The number of ether oxygens (including phenoxy) is 2. The number of Topliss-reactive ketones (excluding diaryl/α,β-unsaturated/α-hetero) is 1. The number of methoxy groups -OCH3 is 1. The third-order valence-electron chi connectivity index (χ3n) is 6.88. The maximum absolute atomic E-state index is 13.6. The zero-order chi connectivity index (χ0) is 28.3. The molecule has 2 aromatic carbocycles. The van der Waals surface area contributed by atoms with Gasteiger partial charge in [-0.2, -0.15) is 0 Å². The van der Waals surface area contributed by atoms with Crippen molar-refractivity contribution in [3.8, 4) is 5.75 Å². The first-order chi connectivity index (χ1) is 18.6. The van der Waals surface area contributed by atoms with Crippen molar-refractivity contribution in [1.82, 2.24) is 5.32 Å². The molecule has 0 radical (unpaired) electrons. The SMILES string of the molecule is COc1ccc(NC(=O)/C=C/[C@H](CCc2ccccc2)CC(=O)[C@@H](NC(=O)OC(C)(C)C)C2CCCC2)cc1. The molecule has 0 bridgehead atoms. The largest absolute Gasteiger partial charge is 0.497 e.